The highest BCUT2D eigenvalue weighted by Gasteiger charge is 2.22. The Morgan fingerprint density at radius 2 is 2.55 bits per heavy atom. The minimum absolute atomic E-state index is 0.265. The molecular formula is C8H15NOS. The smallest absolute Gasteiger partial charge is 0.223 e. The lowest BCUT2D eigenvalue weighted by molar-refractivity contribution is -0.122. The highest BCUT2D eigenvalue weighted by molar-refractivity contribution is 7.99. The molecule has 0 aromatic carbocycles. The first-order valence-corrected chi connectivity index (χ1v) is 5.35. The zero-order valence-corrected chi connectivity index (χ0v) is 7.75. The zero-order chi connectivity index (χ0) is 8.10. The van der Waals surface area contributed by atoms with Crippen LogP contribution in [0.25, 0.3) is 0 Å². The van der Waals surface area contributed by atoms with Crippen molar-refractivity contribution in [1.29, 1.82) is 0 Å². The van der Waals surface area contributed by atoms with E-state index in [-0.39, 0.29) is 5.91 Å². The number of nitrogens with one attached hydrogen (secondary N) is 1. The Labute approximate surface area is 72.1 Å². The molecule has 1 unspecified atom stereocenters. The lowest BCUT2D eigenvalue weighted by atomic mass is 10.1. The van der Waals surface area contributed by atoms with Gasteiger partial charge in [-0.15, -0.1) is 0 Å². The third-order valence-electron chi connectivity index (χ3n) is 1.98. The van der Waals surface area contributed by atoms with Gasteiger partial charge in [-0.3, -0.25) is 4.79 Å². The molecule has 1 aliphatic heterocycles. The maximum absolute atomic E-state index is 11.0. The molecule has 3 heteroatoms. The zero-order valence-electron chi connectivity index (χ0n) is 6.93. The fraction of sp³-hybridized carbons (Fsp3) is 0.875. The number of hydrogen-bond acceptors (Lipinski definition) is 2. The molecule has 0 saturated carbocycles. The van der Waals surface area contributed by atoms with Crippen molar-refractivity contribution in [2.45, 2.75) is 19.8 Å². The van der Waals surface area contributed by atoms with Crippen LogP contribution in [0.5, 0.6) is 0 Å². The molecule has 1 N–H and O–H groups in total. The summed E-state index contributed by atoms with van der Waals surface area (Å²) in [5, 5.41) is 2.85. The molecule has 2 nitrogen and oxygen atoms in total. The maximum atomic E-state index is 11.0. The third-order valence-corrected chi connectivity index (χ3v) is 2.91. The van der Waals surface area contributed by atoms with E-state index in [0.717, 1.165) is 30.9 Å². The van der Waals surface area contributed by atoms with E-state index in [9.17, 15) is 4.79 Å². The average Bonchev–Trinajstić information content (AvgIpc) is 2.37. The van der Waals surface area contributed by atoms with Gasteiger partial charge < -0.3 is 5.32 Å². The molecule has 1 fully saturated rings. The van der Waals surface area contributed by atoms with E-state index < -0.39 is 0 Å². The number of carbonyl (C=O) groups is 1. The van der Waals surface area contributed by atoms with Crippen LogP contribution in [0.4, 0.5) is 0 Å². The molecule has 64 valence electrons. The summed E-state index contributed by atoms with van der Waals surface area (Å²) in [4.78, 5) is 11.0. The van der Waals surface area contributed by atoms with Crippen molar-refractivity contribution < 1.29 is 4.79 Å². The summed E-state index contributed by atoms with van der Waals surface area (Å²) in [5.41, 5.74) is 0. The Balaban J connectivity index is 2.10. The lowest BCUT2D eigenvalue weighted by Gasteiger charge is -2.04. The molecule has 0 bridgehead atoms. The quantitative estimate of drug-likeness (QED) is 0.649. The van der Waals surface area contributed by atoms with Gasteiger partial charge in [0.2, 0.25) is 5.91 Å². The molecule has 1 rings (SSSR count). The largest absolute Gasteiger partial charge is 0.356 e. The molecule has 1 atom stereocenters. The monoisotopic (exact) mass is 173 g/mol. The van der Waals surface area contributed by atoms with E-state index in [0.29, 0.717) is 5.92 Å². The van der Waals surface area contributed by atoms with E-state index in [4.69, 9.17) is 0 Å². The predicted octanol–water partition coefficient (Wildman–Crippen LogP) is 1.27. The van der Waals surface area contributed by atoms with Crippen LogP contribution >= 0.6 is 11.8 Å². The lowest BCUT2D eigenvalue weighted by Crippen LogP contribution is -2.19. The number of hydrogen-bond donors (Lipinski definition) is 1. The van der Waals surface area contributed by atoms with Crippen molar-refractivity contribution >= 4 is 17.7 Å². The number of carbonyl (C=O) groups excluding carboxylic acids is 1. The summed E-state index contributed by atoms with van der Waals surface area (Å²) in [6.07, 6.45) is 2.10. The normalized spacial score (nSPS) is 23.7. The molecule has 11 heavy (non-hydrogen) atoms. The van der Waals surface area contributed by atoms with Crippen LogP contribution in [0.15, 0.2) is 0 Å². The summed E-state index contributed by atoms with van der Waals surface area (Å²) >= 11 is 1.92. The van der Waals surface area contributed by atoms with Gasteiger partial charge in [0.1, 0.15) is 0 Å². The molecule has 0 spiro atoms. The van der Waals surface area contributed by atoms with Crippen LogP contribution < -0.4 is 5.32 Å². The average molecular weight is 173 g/mol. The van der Waals surface area contributed by atoms with Crippen LogP contribution in [0.2, 0.25) is 0 Å². The standard InChI is InChI=1S/C8H15NOS/c1-2-11-6-4-7-3-5-9-8(7)10/h7H,2-6H2,1H3,(H,9,10). The van der Waals surface area contributed by atoms with Crippen molar-refractivity contribution in [2.75, 3.05) is 18.1 Å². The molecule has 1 heterocycles. The molecular weight excluding hydrogens is 158 g/mol. The highest BCUT2D eigenvalue weighted by atomic mass is 32.2. The fourth-order valence-electron chi connectivity index (χ4n) is 1.29. The fourth-order valence-corrected chi connectivity index (χ4v) is 2.03. The van der Waals surface area contributed by atoms with Gasteiger partial charge in [-0.05, 0) is 24.3 Å². The van der Waals surface area contributed by atoms with Gasteiger partial charge >= 0.3 is 0 Å². The van der Waals surface area contributed by atoms with Gasteiger partial charge in [-0.25, -0.2) is 0 Å². The van der Waals surface area contributed by atoms with Gasteiger partial charge in [0, 0.05) is 12.5 Å². The number of thioether (sulfide) groups is 1. The first-order chi connectivity index (χ1) is 5.34. The van der Waals surface area contributed by atoms with Crippen molar-refractivity contribution in [3.63, 3.8) is 0 Å². The van der Waals surface area contributed by atoms with E-state index in [1.54, 1.807) is 0 Å². The summed E-state index contributed by atoms with van der Waals surface area (Å²) in [6.45, 7) is 3.04. The maximum Gasteiger partial charge on any atom is 0.223 e. The van der Waals surface area contributed by atoms with E-state index in [2.05, 4.69) is 12.2 Å². The summed E-state index contributed by atoms with van der Waals surface area (Å²) in [5.74, 6) is 2.87. The van der Waals surface area contributed by atoms with E-state index in [1.807, 2.05) is 11.8 Å². The molecule has 0 aliphatic carbocycles. The van der Waals surface area contributed by atoms with E-state index >= 15 is 0 Å². The van der Waals surface area contributed by atoms with Gasteiger partial charge in [0.15, 0.2) is 0 Å². The van der Waals surface area contributed by atoms with Crippen molar-refractivity contribution in [3.8, 4) is 0 Å². The Bertz CT molecular complexity index is 138. The van der Waals surface area contributed by atoms with Crippen LogP contribution in [0.1, 0.15) is 19.8 Å². The summed E-state index contributed by atoms with van der Waals surface area (Å²) in [6, 6.07) is 0. The van der Waals surface area contributed by atoms with Crippen LogP contribution in [-0.4, -0.2) is 24.0 Å². The van der Waals surface area contributed by atoms with Gasteiger partial charge in [-0.2, -0.15) is 11.8 Å². The minimum atomic E-state index is 0.265. The van der Waals surface area contributed by atoms with Gasteiger partial charge in [0.25, 0.3) is 0 Å². The summed E-state index contributed by atoms with van der Waals surface area (Å²) < 4.78 is 0. The molecule has 1 amide bonds. The highest BCUT2D eigenvalue weighted by Crippen LogP contribution is 2.16. The number of rotatable bonds is 4. The topological polar surface area (TPSA) is 29.1 Å². The summed E-state index contributed by atoms with van der Waals surface area (Å²) in [7, 11) is 0. The van der Waals surface area contributed by atoms with Crippen molar-refractivity contribution in [3.05, 3.63) is 0 Å². The van der Waals surface area contributed by atoms with Gasteiger partial charge in [-0.1, -0.05) is 6.92 Å². The minimum Gasteiger partial charge on any atom is -0.356 e. The van der Waals surface area contributed by atoms with Crippen LogP contribution in [0, 0.1) is 5.92 Å². The second-order valence-electron chi connectivity index (χ2n) is 2.76. The first kappa shape index (κ1) is 8.91. The van der Waals surface area contributed by atoms with Crippen LogP contribution in [-0.2, 0) is 4.79 Å². The first-order valence-electron chi connectivity index (χ1n) is 4.20. The van der Waals surface area contributed by atoms with E-state index in [1.165, 1.54) is 0 Å². The number of amides is 1. The SMILES string of the molecule is CCSCCC1CCNC1=O. The van der Waals surface area contributed by atoms with Gasteiger partial charge in [0.05, 0.1) is 0 Å². The Morgan fingerprint density at radius 1 is 1.73 bits per heavy atom. The molecule has 0 radical (unpaired) electrons. The Morgan fingerprint density at radius 3 is 3.09 bits per heavy atom. The second kappa shape index (κ2) is 4.65. The van der Waals surface area contributed by atoms with Crippen molar-refractivity contribution in [1.82, 2.24) is 5.32 Å². The molecule has 0 aromatic rings. The predicted molar refractivity (Wildman–Crippen MR) is 48.7 cm³/mol. The van der Waals surface area contributed by atoms with Crippen LogP contribution in [0.3, 0.4) is 0 Å². The molecule has 1 saturated heterocycles. The molecule has 1 aliphatic rings. The third kappa shape index (κ3) is 2.73. The molecule has 0 aromatic heterocycles. The Kier molecular flexibility index (Phi) is 3.77. The van der Waals surface area contributed by atoms with Crippen molar-refractivity contribution in [2.24, 2.45) is 5.92 Å². The Hall–Kier alpha value is -0.180. The second-order valence-corrected chi connectivity index (χ2v) is 4.16.